The van der Waals surface area contributed by atoms with Crippen molar-refractivity contribution in [2.75, 3.05) is 0 Å². The minimum atomic E-state index is -4.75. The summed E-state index contributed by atoms with van der Waals surface area (Å²) >= 11 is 0. The van der Waals surface area contributed by atoms with Gasteiger partial charge in [0.05, 0.1) is 0 Å². The fourth-order valence-electron chi connectivity index (χ4n) is 2.60. The molecule has 0 saturated heterocycles. The number of hydrogen-bond donors (Lipinski definition) is 1. The second-order valence-corrected chi connectivity index (χ2v) is 6.02. The van der Waals surface area contributed by atoms with E-state index in [1.807, 2.05) is 0 Å². The van der Waals surface area contributed by atoms with E-state index in [2.05, 4.69) is 10.1 Å². The molecule has 1 aliphatic carbocycles. The van der Waals surface area contributed by atoms with Gasteiger partial charge < -0.3 is 14.8 Å². The lowest BCUT2D eigenvalue weighted by molar-refractivity contribution is -0.274. The Hall–Kier alpha value is -2.51. The SMILES string of the molecule is C[C@@H](OC(=O)/C=C/c1ccc(OC(F)(F)F)cc1)C(=O)NC1CCCC1. The quantitative estimate of drug-likeness (QED) is 0.613. The van der Waals surface area contributed by atoms with Crippen molar-refractivity contribution in [1.29, 1.82) is 0 Å². The average Bonchev–Trinajstić information content (AvgIpc) is 3.05. The minimum absolute atomic E-state index is 0.136. The van der Waals surface area contributed by atoms with Crippen LogP contribution in [-0.4, -0.2) is 30.4 Å². The van der Waals surface area contributed by atoms with Crippen LogP contribution in [0.1, 0.15) is 38.2 Å². The Kier molecular flexibility index (Phi) is 6.65. The van der Waals surface area contributed by atoms with Gasteiger partial charge in [0.2, 0.25) is 0 Å². The summed E-state index contributed by atoms with van der Waals surface area (Å²) in [6.07, 6.45) is 0.830. The Morgan fingerprint density at radius 2 is 1.81 bits per heavy atom. The number of esters is 1. The van der Waals surface area contributed by atoms with Crippen LogP contribution in [0.2, 0.25) is 0 Å². The van der Waals surface area contributed by atoms with Gasteiger partial charge in [0.1, 0.15) is 5.75 Å². The molecule has 0 spiro atoms. The van der Waals surface area contributed by atoms with E-state index in [4.69, 9.17) is 4.74 Å². The molecule has 1 fully saturated rings. The molecular formula is C18H20F3NO4. The predicted octanol–water partition coefficient (Wildman–Crippen LogP) is 3.59. The standard InChI is InChI=1S/C18H20F3NO4/c1-12(17(24)22-14-4-2-3-5-14)25-16(23)11-8-13-6-9-15(10-7-13)26-18(19,20)21/h6-12,14H,2-5H2,1H3,(H,22,24)/b11-8+/t12-/m1/s1. The molecule has 26 heavy (non-hydrogen) atoms. The van der Waals surface area contributed by atoms with Crippen molar-refractivity contribution in [3.63, 3.8) is 0 Å². The van der Waals surface area contributed by atoms with E-state index in [1.165, 1.54) is 25.1 Å². The fraction of sp³-hybridized carbons (Fsp3) is 0.444. The molecule has 0 aliphatic heterocycles. The van der Waals surface area contributed by atoms with E-state index in [0.29, 0.717) is 5.56 Å². The first kappa shape index (κ1) is 19.8. The number of alkyl halides is 3. The Morgan fingerprint density at radius 1 is 1.19 bits per heavy atom. The van der Waals surface area contributed by atoms with Gasteiger partial charge in [-0.05, 0) is 43.5 Å². The number of ether oxygens (including phenoxy) is 2. The van der Waals surface area contributed by atoms with Gasteiger partial charge >= 0.3 is 12.3 Å². The van der Waals surface area contributed by atoms with Gasteiger partial charge in [0.15, 0.2) is 6.10 Å². The lowest BCUT2D eigenvalue weighted by Crippen LogP contribution is -2.40. The van der Waals surface area contributed by atoms with Crippen LogP contribution in [-0.2, 0) is 14.3 Å². The summed E-state index contributed by atoms with van der Waals surface area (Å²) in [6, 6.07) is 5.13. The van der Waals surface area contributed by atoms with Crippen LogP contribution in [0, 0.1) is 0 Å². The number of rotatable bonds is 6. The van der Waals surface area contributed by atoms with Crippen molar-refractivity contribution >= 4 is 18.0 Å². The second kappa shape index (κ2) is 8.73. The summed E-state index contributed by atoms with van der Waals surface area (Å²) in [5.74, 6) is -1.41. The summed E-state index contributed by atoms with van der Waals surface area (Å²) < 4.78 is 45.0. The number of nitrogens with one attached hydrogen (secondary N) is 1. The Labute approximate surface area is 149 Å². The Bertz CT molecular complexity index is 649. The smallest absolute Gasteiger partial charge is 0.449 e. The highest BCUT2D eigenvalue weighted by molar-refractivity contribution is 5.90. The molecule has 2 rings (SSSR count). The maximum absolute atomic E-state index is 12.1. The van der Waals surface area contributed by atoms with E-state index in [1.54, 1.807) is 0 Å². The fourth-order valence-corrected chi connectivity index (χ4v) is 2.60. The lowest BCUT2D eigenvalue weighted by Gasteiger charge is -2.16. The number of carbonyl (C=O) groups is 2. The highest BCUT2D eigenvalue weighted by atomic mass is 19.4. The Morgan fingerprint density at radius 3 is 2.38 bits per heavy atom. The molecule has 8 heteroatoms. The molecule has 1 N–H and O–H groups in total. The van der Waals surface area contributed by atoms with Gasteiger partial charge in [-0.25, -0.2) is 4.79 Å². The summed E-state index contributed by atoms with van der Waals surface area (Å²) in [5.41, 5.74) is 0.486. The first-order valence-electron chi connectivity index (χ1n) is 8.28. The summed E-state index contributed by atoms with van der Waals surface area (Å²) in [5, 5.41) is 2.84. The van der Waals surface area contributed by atoms with Crippen molar-refractivity contribution in [3.05, 3.63) is 35.9 Å². The third-order valence-corrected chi connectivity index (χ3v) is 3.89. The number of halogens is 3. The molecule has 1 aromatic carbocycles. The van der Waals surface area contributed by atoms with Gasteiger partial charge in [-0.15, -0.1) is 13.2 Å². The van der Waals surface area contributed by atoms with Gasteiger partial charge in [-0.1, -0.05) is 25.0 Å². The molecular weight excluding hydrogens is 351 g/mol. The summed E-state index contributed by atoms with van der Waals surface area (Å²) in [6.45, 7) is 1.49. The third-order valence-electron chi connectivity index (χ3n) is 3.89. The molecule has 0 aromatic heterocycles. The molecule has 0 radical (unpaired) electrons. The van der Waals surface area contributed by atoms with Crippen LogP contribution >= 0.6 is 0 Å². The summed E-state index contributed by atoms with van der Waals surface area (Å²) in [4.78, 5) is 23.7. The van der Waals surface area contributed by atoms with Crippen LogP contribution in [0.4, 0.5) is 13.2 Å². The second-order valence-electron chi connectivity index (χ2n) is 6.02. The van der Waals surface area contributed by atoms with Crippen molar-refractivity contribution in [3.8, 4) is 5.75 Å². The zero-order valence-corrected chi connectivity index (χ0v) is 14.2. The van der Waals surface area contributed by atoms with E-state index in [0.717, 1.165) is 43.9 Å². The van der Waals surface area contributed by atoms with Gasteiger partial charge in [-0.3, -0.25) is 4.79 Å². The largest absolute Gasteiger partial charge is 0.573 e. The molecule has 5 nitrogen and oxygen atoms in total. The minimum Gasteiger partial charge on any atom is -0.449 e. The molecule has 142 valence electrons. The third kappa shape index (κ3) is 6.78. The number of amides is 1. The number of benzene rings is 1. The number of hydrogen-bond acceptors (Lipinski definition) is 4. The van der Waals surface area contributed by atoms with E-state index in [-0.39, 0.29) is 17.7 Å². The average molecular weight is 371 g/mol. The highest BCUT2D eigenvalue weighted by Crippen LogP contribution is 2.23. The first-order chi connectivity index (χ1) is 12.2. The normalized spacial score (nSPS) is 16.5. The van der Waals surface area contributed by atoms with Gasteiger partial charge in [0.25, 0.3) is 5.91 Å². The molecule has 1 atom stereocenters. The Balaban J connectivity index is 1.81. The predicted molar refractivity (Wildman–Crippen MR) is 88.1 cm³/mol. The van der Waals surface area contributed by atoms with Crippen LogP contribution in [0.5, 0.6) is 5.75 Å². The number of carbonyl (C=O) groups excluding carboxylic acids is 2. The van der Waals surface area contributed by atoms with E-state index >= 15 is 0 Å². The van der Waals surface area contributed by atoms with Crippen LogP contribution in [0.3, 0.4) is 0 Å². The van der Waals surface area contributed by atoms with Crippen molar-refractivity contribution in [2.24, 2.45) is 0 Å². The van der Waals surface area contributed by atoms with Gasteiger partial charge in [-0.2, -0.15) is 0 Å². The molecule has 0 heterocycles. The van der Waals surface area contributed by atoms with Crippen LogP contribution in [0.25, 0.3) is 6.08 Å². The van der Waals surface area contributed by atoms with E-state index in [9.17, 15) is 22.8 Å². The van der Waals surface area contributed by atoms with Gasteiger partial charge in [0, 0.05) is 12.1 Å². The van der Waals surface area contributed by atoms with E-state index < -0.39 is 18.4 Å². The topological polar surface area (TPSA) is 64.6 Å². The molecule has 1 aliphatic rings. The zero-order chi connectivity index (χ0) is 19.2. The van der Waals surface area contributed by atoms with Crippen LogP contribution in [0.15, 0.2) is 30.3 Å². The lowest BCUT2D eigenvalue weighted by atomic mass is 10.2. The molecule has 0 bridgehead atoms. The molecule has 1 saturated carbocycles. The maximum atomic E-state index is 12.1. The molecule has 1 aromatic rings. The van der Waals surface area contributed by atoms with Crippen molar-refractivity contribution in [1.82, 2.24) is 5.32 Å². The molecule has 1 amide bonds. The maximum Gasteiger partial charge on any atom is 0.573 e. The highest BCUT2D eigenvalue weighted by Gasteiger charge is 2.30. The first-order valence-corrected chi connectivity index (χ1v) is 8.28. The van der Waals surface area contributed by atoms with Crippen molar-refractivity contribution in [2.45, 2.75) is 51.1 Å². The molecule has 0 unspecified atom stereocenters. The zero-order valence-electron chi connectivity index (χ0n) is 14.2. The summed E-state index contributed by atoms with van der Waals surface area (Å²) in [7, 11) is 0. The monoisotopic (exact) mass is 371 g/mol. The van der Waals surface area contributed by atoms with Crippen LogP contribution < -0.4 is 10.1 Å². The van der Waals surface area contributed by atoms with Crippen molar-refractivity contribution < 1.29 is 32.2 Å².